The molecule has 0 radical (unpaired) electrons. The van der Waals surface area contributed by atoms with Gasteiger partial charge in [-0.05, 0) is 19.9 Å². The van der Waals surface area contributed by atoms with Crippen molar-refractivity contribution in [2.75, 3.05) is 20.3 Å². The zero-order valence-corrected chi connectivity index (χ0v) is 10.8. The Hall–Kier alpha value is -0.660. The molecular formula is C11H15F3N2OS. The topological polar surface area (TPSA) is 34.1 Å². The van der Waals surface area contributed by atoms with Gasteiger partial charge in [0.15, 0.2) is 5.69 Å². The van der Waals surface area contributed by atoms with Crippen molar-refractivity contribution in [2.45, 2.75) is 31.5 Å². The van der Waals surface area contributed by atoms with Gasteiger partial charge in [0.1, 0.15) is 0 Å². The monoisotopic (exact) mass is 280 g/mol. The van der Waals surface area contributed by atoms with Gasteiger partial charge in [0, 0.05) is 25.7 Å². The molecule has 0 spiro atoms. The second kappa shape index (κ2) is 5.54. The molecule has 2 rings (SSSR count). The van der Waals surface area contributed by atoms with Crippen molar-refractivity contribution < 1.29 is 17.9 Å². The van der Waals surface area contributed by atoms with E-state index in [0.717, 1.165) is 12.8 Å². The number of alkyl halides is 3. The first-order valence-electron chi connectivity index (χ1n) is 5.81. The van der Waals surface area contributed by atoms with Gasteiger partial charge in [-0.1, -0.05) is 0 Å². The van der Waals surface area contributed by atoms with E-state index in [9.17, 15) is 13.2 Å². The fourth-order valence-corrected chi connectivity index (χ4v) is 3.26. The number of aromatic nitrogens is 1. The number of thiazole rings is 1. The zero-order valence-electron chi connectivity index (χ0n) is 10.0. The molecule has 0 bridgehead atoms. The van der Waals surface area contributed by atoms with Gasteiger partial charge in [-0.3, -0.25) is 0 Å². The van der Waals surface area contributed by atoms with Crippen LogP contribution >= 0.6 is 11.3 Å². The smallest absolute Gasteiger partial charge is 0.381 e. The van der Waals surface area contributed by atoms with Gasteiger partial charge in [-0.15, -0.1) is 11.3 Å². The highest BCUT2D eigenvalue weighted by molar-refractivity contribution is 7.11. The van der Waals surface area contributed by atoms with E-state index in [0.29, 0.717) is 18.2 Å². The highest BCUT2D eigenvalue weighted by Crippen LogP contribution is 2.38. The molecule has 1 aromatic heterocycles. The Balaban J connectivity index is 2.26. The van der Waals surface area contributed by atoms with Crippen LogP contribution in [0.3, 0.4) is 0 Å². The Labute approximate surface area is 107 Å². The highest BCUT2D eigenvalue weighted by Gasteiger charge is 2.38. The van der Waals surface area contributed by atoms with Crippen LogP contribution in [-0.4, -0.2) is 25.2 Å². The summed E-state index contributed by atoms with van der Waals surface area (Å²) in [5.41, 5.74) is -0.733. The summed E-state index contributed by atoms with van der Waals surface area (Å²) in [7, 11) is 1.63. The predicted molar refractivity (Wildman–Crippen MR) is 62.7 cm³/mol. The maximum atomic E-state index is 12.8. The summed E-state index contributed by atoms with van der Waals surface area (Å²) in [5.74, 6) is 0.107. The van der Waals surface area contributed by atoms with Gasteiger partial charge in [0.2, 0.25) is 0 Å². The van der Waals surface area contributed by atoms with Gasteiger partial charge in [0.05, 0.1) is 9.88 Å². The maximum Gasteiger partial charge on any atom is 0.434 e. The lowest BCUT2D eigenvalue weighted by molar-refractivity contribution is -0.141. The molecule has 1 N–H and O–H groups in total. The average molecular weight is 280 g/mol. The summed E-state index contributed by atoms with van der Waals surface area (Å²) in [6.07, 6.45) is -2.86. The minimum Gasteiger partial charge on any atom is -0.381 e. The average Bonchev–Trinajstić information content (AvgIpc) is 2.75. The molecule has 1 aliphatic heterocycles. The molecule has 0 aliphatic carbocycles. The minimum atomic E-state index is -4.37. The molecule has 102 valence electrons. The molecule has 18 heavy (non-hydrogen) atoms. The van der Waals surface area contributed by atoms with Crippen molar-refractivity contribution in [3.63, 3.8) is 0 Å². The van der Waals surface area contributed by atoms with Gasteiger partial charge < -0.3 is 10.1 Å². The van der Waals surface area contributed by atoms with Crippen LogP contribution in [-0.2, 0) is 17.5 Å². The van der Waals surface area contributed by atoms with E-state index in [-0.39, 0.29) is 17.3 Å². The van der Waals surface area contributed by atoms with Crippen LogP contribution in [0.5, 0.6) is 0 Å². The molecule has 1 aliphatic rings. The van der Waals surface area contributed by atoms with Gasteiger partial charge >= 0.3 is 6.18 Å². The second-order valence-electron chi connectivity index (χ2n) is 4.24. The molecule has 2 heterocycles. The molecule has 0 atom stereocenters. The Bertz CT molecular complexity index is 399. The molecule has 0 unspecified atom stereocenters. The number of nitrogens with one attached hydrogen (secondary N) is 1. The number of rotatable bonds is 3. The van der Waals surface area contributed by atoms with Crippen LogP contribution in [0.2, 0.25) is 0 Å². The standard InChI is InChI=1S/C11H15F3N2OS/c1-15-6-8-9(11(12,13)14)16-10(18-8)7-2-4-17-5-3-7/h7,15H,2-6H2,1H3. The Kier molecular flexibility index (Phi) is 4.24. The molecule has 3 nitrogen and oxygen atoms in total. The van der Waals surface area contributed by atoms with E-state index in [1.165, 1.54) is 11.3 Å². The Morgan fingerprint density at radius 3 is 2.61 bits per heavy atom. The zero-order chi connectivity index (χ0) is 13.2. The number of ether oxygens (including phenoxy) is 1. The molecule has 1 saturated heterocycles. The van der Waals surface area contributed by atoms with Crippen molar-refractivity contribution >= 4 is 11.3 Å². The summed E-state index contributed by atoms with van der Waals surface area (Å²) in [6.45, 7) is 1.41. The summed E-state index contributed by atoms with van der Waals surface area (Å²) in [4.78, 5) is 4.09. The Morgan fingerprint density at radius 1 is 1.39 bits per heavy atom. The third-order valence-electron chi connectivity index (χ3n) is 2.89. The van der Waals surface area contributed by atoms with Crippen molar-refractivity contribution in [2.24, 2.45) is 0 Å². The molecule has 7 heteroatoms. The van der Waals surface area contributed by atoms with Crippen molar-refractivity contribution in [1.82, 2.24) is 10.3 Å². The van der Waals surface area contributed by atoms with Crippen LogP contribution in [0.1, 0.15) is 34.3 Å². The fraction of sp³-hybridized carbons (Fsp3) is 0.727. The second-order valence-corrected chi connectivity index (χ2v) is 5.35. The van der Waals surface area contributed by atoms with E-state index in [1.807, 2.05) is 0 Å². The molecule has 1 fully saturated rings. The van der Waals surface area contributed by atoms with Crippen molar-refractivity contribution in [1.29, 1.82) is 0 Å². The van der Waals surface area contributed by atoms with Gasteiger partial charge in [0.25, 0.3) is 0 Å². The summed E-state index contributed by atoms with van der Waals surface area (Å²) in [5, 5.41) is 3.35. The van der Waals surface area contributed by atoms with Crippen LogP contribution in [0, 0.1) is 0 Å². The number of hydrogen-bond donors (Lipinski definition) is 1. The first-order chi connectivity index (χ1) is 8.52. The van der Waals surface area contributed by atoms with Gasteiger partial charge in [-0.25, -0.2) is 4.98 Å². The van der Waals surface area contributed by atoms with Crippen LogP contribution in [0.4, 0.5) is 13.2 Å². The van der Waals surface area contributed by atoms with Gasteiger partial charge in [-0.2, -0.15) is 13.2 Å². The fourth-order valence-electron chi connectivity index (χ4n) is 1.99. The SMILES string of the molecule is CNCc1sc(C2CCOCC2)nc1C(F)(F)F. The van der Waals surface area contributed by atoms with Crippen LogP contribution in [0.15, 0.2) is 0 Å². The van der Waals surface area contributed by atoms with E-state index >= 15 is 0 Å². The Morgan fingerprint density at radius 2 is 2.06 bits per heavy atom. The predicted octanol–water partition coefficient (Wildman–Crippen LogP) is 2.78. The molecular weight excluding hydrogens is 265 g/mol. The van der Waals surface area contributed by atoms with Crippen LogP contribution < -0.4 is 5.32 Å². The third kappa shape index (κ3) is 3.02. The van der Waals surface area contributed by atoms with Crippen LogP contribution in [0.25, 0.3) is 0 Å². The minimum absolute atomic E-state index is 0.107. The first-order valence-corrected chi connectivity index (χ1v) is 6.63. The maximum absolute atomic E-state index is 12.8. The third-order valence-corrected chi connectivity index (χ3v) is 4.11. The van der Waals surface area contributed by atoms with E-state index < -0.39 is 11.9 Å². The van der Waals surface area contributed by atoms with Crippen molar-refractivity contribution in [3.8, 4) is 0 Å². The number of nitrogens with zero attached hydrogens (tertiary/aromatic N) is 1. The van der Waals surface area contributed by atoms with Crippen molar-refractivity contribution in [3.05, 3.63) is 15.6 Å². The lowest BCUT2D eigenvalue weighted by Crippen LogP contribution is -2.15. The molecule has 0 saturated carbocycles. The summed E-state index contributed by atoms with van der Waals surface area (Å²) >= 11 is 1.17. The van der Waals surface area contributed by atoms with E-state index in [4.69, 9.17) is 4.74 Å². The van der Waals surface area contributed by atoms with E-state index in [2.05, 4.69) is 10.3 Å². The molecule has 1 aromatic rings. The number of hydrogen-bond acceptors (Lipinski definition) is 4. The largest absolute Gasteiger partial charge is 0.434 e. The first kappa shape index (κ1) is 13.8. The summed E-state index contributed by atoms with van der Waals surface area (Å²) < 4.78 is 43.7. The highest BCUT2D eigenvalue weighted by atomic mass is 32.1. The normalized spacial score (nSPS) is 18.2. The lowest BCUT2D eigenvalue weighted by atomic mass is 10.0. The quantitative estimate of drug-likeness (QED) is 0.924. The van der Waals surface area contributed by atoms with E-state index in [1.54, 1.807) is 7.05 Å². The molecule has 0 aromatic carbocycles. The number of halogens is 3. The lowest BCUT2D eigenvalue weighted by Gasteiger charge is -2.19. The summed E-state index contributed by atoms with van der Waals surface area (Å²) in [6, 6.07) is 0. The molecule has 0 amide bonds.